The first-order chi connectivity index (χ1) is 13.6. The van der Waals surface area contributed by atoms with Crippen LogP contribution in [0.2, 0.25) is 0 Å². The number of rotatable bonds is 7. The second kappa shape index (κ2) is 9.48. The second-order valence-corrected chi connectivity index (χ2v) is 7.27. The number of anilines is 1. The third-order valence-electron chi connectivity index (χ3n) is 4.57. The van der Waals surface area contributed by atoms with Gasteiger partial charge in [0.25, 0.3) is 11.8 Å². The summed E-state index contributed by atoms with van der Waals surface area (Å²) in [7, 11) is 1.57. The van der Waals surface area contributed by atoms with Crippen LogP contribution in [0.25, 0.3) is 0 Å². The Morgan fingerprint density at radius 1 is 1.25 bits per heavy atom. The molecular formula is C20H23N3O4S. The lowest BCUT2D eigenvalue weighted by Crippen LogP contribution is -2.46. The number of hydrogen-bond donors (Lipinski definition) is 2. The molecule has 3 amide bonds. The smallest absolute Gasteiger partial charge is 0.256 e. The standard InChI is InChI=1S/C20H23N3O4S/c1-27-10-8-21-19(25)17-6-3-9-23(17)20(26)14-4-2-5-16(12-14)22-18(24)15-7-11-28-13-15/h2,4-5,7,11-13,17H,3,6,8-10H2,1H3,(H,21,25)(H,22,24). The average molecular weight is 401 g/mol. The average Bonchev–Trinajstić information content (AvgIpc) is 3.39. The van der Waals surface area contributed by atoms with Crippen LogP contribution in [0.1, 0.15) is 33.6 Å². The van der Waals surface area contributed by atoms with Gasteiger partial charge in [0.1, 0.15) is 6.04 Å². The molecule has 2 heterocycles. The van der Waals surface area contributed by atoms with E-state index in [1.165, 1.54) is 11.3 Å². The van der Waals surface area contributed by atoms with E-state index in [0.717, 1.165) is 6.42 Å². The molecule has 1 saturated heterocycles. The summed E-state index contributed by atoms with van der Waals surface area (Å²) >= 11 is 1.45. The number of thiophene rings is 1. The highest BCUT2D eigenvalue weighted by Gasteiger charge is 2.34. The zero-order valence-electron chi connectivity index (χ0n) is 15.6. The molecular weight excluding hydrogens is 378 g/mol. The SMILES string of the molecule is COCCNC(=O)C1CCCN1C(=O)c1cccc(NC(=O)c2ccsc2)c1. The van der Waals surface area contributed by atoms with Gasteiger partial charge in [-0.1, -0.05) is 6.07 Å². The Morgan fingerprint density at radius 2 is 2.11 bits per heavy atom. The number of carbonyl (C=O) groups excluding carboxylic acids is 3. The minimum atomic E-state index is -0.478. The van der Waals surface area contributed by atoms with Gasteiger partial charge in [0.15, 0.2) is 0 Å². The number of benzene rings is 1. The maximum atomic E-state index is 13.0. The van der Waals surface area contributed by atoms with E-state index in [-0.39, 0.29) is 17.7 Å². The van der Waals surface area contributed by atoms with Crippen LogP contribution in [0.15, 0.2) is 41.1 Å². The minimum absolute atomic E-state index is 0.162. The van der Waals surface area contributed by atoms with Crippen LogP contribution in [0.4, 0.5) is 5.69 Å². The summed E-state index contributed by atoms with van der Waals surface area (Å²) in [6.45, 7) is 1.38. The number of nitrogens with zero attached hydrogens (tertiary/aromatic N) is 1. The number of methoxy groups -OCH3 is 1. The van der Waals surface area contributed by atoms with Gasteiger partial charge in [0.05, 0.1) is 12.2 Å². The zero-order valence-corrected chi connectivity index (χ0v) is 16.5. The summed E-state index contributed by atoms with van der Waals surface area (Å²) in [5, 5.41) is 9.20. The van der Waals surface area contributed by atoms with Crippen molar-refractivity contribution in [1.29, 1.82) is 0 Å². The summed E-state index contributed by atoms with van der Waals surface area (Å²) in [4.78, 5) is 39.2. The fraction of sp³-hybridized carbons (Fsp3) is 0.350. The highest BCUT2D eigenvalue weighted by molar-refractivity contribution is 7.08. The Labute approximate surface area is 167 Å². The van der Waals surface area contributed by atoms with Crippen molar-refractivity contribution in [3.63, 3.8) is 0 Å². The van der Waals surface area contributed by atoms with Gasteiger partial charge in [-0.2, -0.15) is 11.3 Å². The Kier molecular flexibility index (Phi) is 6.78. The molecule has 1 aromatic heterocycles. The lowest BCUT2D eigenvalue weighted by Gasteiger charge is -2.24. The quantitative estimate of drug-likeness (QED) is 0.698. The highest BCUT2D eigenvalue weighted by atomic mass is 32.1. The Bertz CT molecular complexity index is 838. The molecule has 1 aliphatic heterocycles. The van der Waals surface area contributed by atoms with Crippen LogP contribution in [0.3, 0.4) is 0 Å². The van der Waals surface area contributed by atoms with Crippen molar-refractivity contribution < 1.29 is 19.1 Å². The van der Waals surface area contributed by atoms with Crippen molar-refractivity contribution in [2.24, 2.45) is 0 Å². The summed E-state index contributed by atoms with van der Waals surface area (Å²) in [5.41, 5.74) is 1.57. The van der Waals surface area contributed by atoms with Crippen LogP contribution in [0.5, 0.6) is 0 Å². The van der Waals surface area contributed by atoms with E-state index in [9.17, 15) is 14.4 Å². The van der Waals surface area contributed by atoms with E-state index in [4.69, 9.17) is 4.74 Å². The normalized spacial score (nSPS) is 16.0. The first-order valence-corrected chi connectivity index (χ1v) is 10.1. The van der Waals surface area contributed by atoms with Gasteiger partial charge in [0.2, 0.25) is 5.91 Å². The summed E-state index contributed by atoms with van der Waals surface area (Å²) in [6.07, 6.45) is 1.42. The fourth-order valence-corrected chi connectivity index (χ4v) is 3.81. The molecule has 1 aromatic carbocycles. The first kappa shape index (κ1) is 20.0. The Hall–Kier alpha value is -2.71. The monoisotopic (exact) mass is 401 g/mol. The number of nitrogens with one attached hydrogen (secondary N) is 2. The molecule has 2 N–H and O–H groups in total. The molecule has 7 nitrogen and oxygen atoms in total. The van der Waals surface area contributed by atoms with Gasteiger partial charge in [-0.05, 0) is 42.5 Å². The van der Waals surface area contributed by atoms with Crippen LogP contribution in [-0.2, 0) is 9.53 Å². The van der Waals surface area contributed by atoms with E-state index in [0.29, 0.717) is 42.9 Å². The lowest BCUT2D eigenvalue weighted by molar-refractivity contribution is -0.125. The van der Waals surface area contributed by atoms with Crippen molar-refractivity contribution in [2.75, 3.05) is 32.1 Å². The molecule has 1 fully saturated rings. The molecule has 0 aliphatic carbocycles. The zero-order chi connectivity index (χ0) is 19.9. The van der Waals surface area contributed by atoms with Crippen molar-refractivity contribution in [2.45, 2.75) is 18.9 Å². The summed E-state index contributed by atoms with van der Waals surface area (Å²) in [5.74, 6) is -0.594. The van der Waals surface area contributed by atoms with Crippen LogP contribution in [0, 0.1) is 0 Å². The minimum Gasteiger partial charge on any atom is -0.383 e. The molecule has 2 aromatic rings. The predicted octanol–water partition coefficient (Wildman–Crippen LogP) is 2.37. The molecule has 0 bridgehead atoms. The van der Waals surface area contributed by atoms with E-state index < -0.39 is 6.04 Å². The number of ether oxygens (including phenoxy) is 1. The fourth-order valence-electron chi connectivity index (χ4n) is 3.17. The van der Waals surface area contributed by atoms with E-state index in [1.807, 2.05) is 5.38 Å². The van der Waals surface area contributed by atoms with Gasteiger partial charge in [0, 0.05) is 36.8 Å². The number of likely N-dealkylation sites (tertiary alicyclic amines) is 1. The topological polar surface area (TPSA) is 87.7 Å². The maximum absolute atomic E-state index is 13.0. The van der Waals surface area contributed by atoms with Crippen molar-refractivity contribution >= 4 is 34.7 Å². The highest BCUT2D eigenvalue weighted by Crippen LogP contribution is 2.22. The van der Waals surface area contributed by atoms with Gasteiger partial charge in [-0.25, -0.2) is 0 Å². The molecule has 8 heteroatoms. The lowest BCUT2D eigenvalue weighted by atomic mass is 10.1. The molecule has 1 aliphatic rings. The molecule has 148 valence electrons. The van der Waals surface area contributed by atoms with Crippen molar-refractivity contribution in [3.8, 4) is 0 Å². The van der Waals surface area contributed by atoms with Gasteiger partial charge in [-0.15, -0.1) is 0 Å². The second-order valence-electron chi connectivity index (χ2n) is 6.49. The van der Waals surface area contributed by atoms with Crippen LogP contribution in [-0.4, -0.2) is 55.5 Å². The molecule has 0 radical (unpaired) electrons. The van der Waals surface area contributed by atoms with E-state index in [1.54, 1.807) is 47.7 Å². The molecule has 1 atom stereocenters. The van der Waals surface area contributed by atoms with E-state index >= 15 is 0 Å². The number of hydrogen-bond acceptors (Lipinski definition) is 5. The third-order valence-corrected chi connectivity index (χ3v) is 5.26. The maximum Gasteiger partial charge on any atom is 0.256 e. The van der Waals surface area contributed by atoms with Gasteiger partial charge >= 0.3 is 0 Å². The van der Waals surface area contributed by atoms with Gasteiger partial charge < -0.3 is 20.3 Å². The van der Waals surface area contributed by atoms with Crippen LogP contribution < -0.4 is 10.6 Å². The Morgan fingerprint density at radius 3 is 2.86 bits per heavy atom. The molecule has 1 unspecified atom stereocenters. The largest absolute Gasteiger partial charge is 0.383 e. The first-order valence-electron chi connectivity index (χ1n) is 9.11. The third kappa shape index (κ3) is 4.76. The van der Waals surface area contributed by atoms with Crippen LogP contribution >= 0.6 is 11.3 Å². The van der Waals surface area contributed by atoms with Crippen molar-refractivity contribution in [3.05, 3.63) is 52.2 Å². The van der Waals surface area contributed by atoms with Crippen molar-refractivity contribution in [1.82, 2.24) is 10.2 Å². The van der Waals surface area contributed by atoms with Gasteiger partial charge in [-0.3, -0.25) is 14.4 Å². The molecule has 28 heavy (non-hydrogen) atoms. The predicted molar refractivity (Wildman–Crippen MR) is 108 cm³/mol. The number of carbonyl (C=O) groups is 3. The molecule has 3 rings (SSSR count). The molecule has 0 spiro atoms. The Balaban J connectivity index is 1.68. The van der Waals surface area contributed by atoms with E-state index in [2.05, 4.69) is 10.6 Å². The number of amides is 3. The summed E-state index contributed by atoms with van der Waals surface area (Å²) < 4.78 is 4.94. The summed E-state index contributed by atoms with van der Waals surface area (Å²) in [6, 6.07) is 8.06. The molecule has 0 saturated carbocycles.